The Bertz CT molecular complexity index is 1130. The first-order chi connectivity index (χ1) is 15.2. The summed E-state index contributed by atoms with van der Waals surface area (Å²) in [7, 11) is 0. The molecule has 3 heterocycles. The lowest BCUT2D eigenvalue weighted by atomic mass is 10.1. The van der Waals surface area contributed by atoms with Gasteiger partial charge >= 0.3 is 6.09 Å². The quantitative estimate of drug-likeness (QED) is 0.301. The number of carbonyl (C=O) groups excluding carboxylic acids is 1. The summed E-state index contributed by atoms with van der Waals surface area (Å²) in [5.74, 6) is 0.827. The fraction of sp³-hybridized carbons (Fsp3) is 0.429. The van der Waals surface area contributed by atoms with Crippen LogP contribution in [0.15, 0.2) is 35.1 Å². The zero-order valence-corrected chi connectivity index (χ0v) is 22.8. The van der Waals surface area contributed by atoms with Crippen LogP contribution in [0.1, 0.15) is 33.6 Å². The second-order valence-electron chi connectivity index (χ2n) is 8.68. The van der Waals surface area contributed by atoms with E-state index < -0.39 is 5.60 Å². The van der Waals surface area contributed by atoms with Gasteiger partial charge in [0.25, 0.3) is 0 Å². The molecule has 4 rings (SSSR count). The Kier molecular flexibility index (Phi) is 7.21. The molecular weight excluding hydrogens is 606 g/mol. The van der Waals surface area contributed by atoms with Gasteiger partial charge in [-0.3, -0.25) is 4.98 Å². The molecule has 0 bridgehead atoms. The Labute approximate surface area is 210 Å². The van der Waals surface area contributed by atoms with Gasteiger partial charge in [0.2, 0.25) is 0 Å². The summed E-state index contributed by atoms with van der Waals surface area (Å²) < 4.78 is 8.38. The number of hydrogen-bond donors (Lipinski definition) is 1. The van der Waals surface area contributed by atoms with Crippen molar-refractivity contribution in [1.29, 1.82) is 0 Å². The van der Waals surface area contributed by atoms with Gasteiger partial charge in [-0.2, -0.15) is 5.10 Å². The number of halogens is 2. The molecule has 0 aliphatic carbocycles. The molecule has 0 radical (unpaired) electrons. The average Bonchev–Trinajstić information content (AvgIpc) is 3.11. The largest absolute Gasteiger partial charge is 0.444 e. The van der Waals surface area contributed by atoms with Crippen molar-refractivity contribution in [3.8, 4) is 11.4 Å². The fourth-order valence-electron chi connectivity index (χ4n) is 3.69. The maximum absolute atomic E-state index is 12.1. The van der Waals surface area contributed by atoms with Crippen molar-refractivity contribution >= 4 is 67.2 Å². The van der Waals surface area contributed by atoms with Crippen molar-refractivity contribution < 1.29 is 9.53 Å². The van der Waals surface area contributed by atoms with E-state index in [0.717, 1.165) is 58.5 Å². The maximum atomic E-state index is 12.1. The first-order valence-electron chi connectivity index (χ1n) is 10.4. The lowest BCUT2D eigenvalue weighted by Crippen LogP contribution is -2.46. The number of piperidine rings is 1. The van der Waals surface area contributed by atoms with E-state index in [1.807, 2.05) is 31.3 Å². The van der Waals surface area contributed by atoms with E-state index in [9.17, 15) is 4.79 Å². The van der Waals surface area contributed by atoms with Crippen LogP contribution in [-0.4, -0.2) is 50.3 Å². The highest BCUT2D eigenvalue weighted by Crippen LogP contribution is 2.35. The SMILES string of the molecule is CC(C)(C)OC(=O)NC1CCN(c2cncc(-c3nn(PI)c4ccc(Br)cc34)n2)CC1. The first-order valence-corrected chi connectivity index (χ1v) is 15.2. The first kappa shape index (κ1) is 23.6. The lowest BCUT2D eigenvalue weighted by Gasteiger charge is -2.33. The van der Waals surface area contributed by atoms with Gasteiger partial charge in [-0.15, -0.1) is 0 Å². The van der Waals surface area contributed by atoms with E-state index in [2.05, 4.69) is 65.3 Å². The van der Waals surface area contributed by atoms with Crippen LogP contribution < -0.4 is 10.2 Å². The Balaban J connectivity index is 1.49. The molecular formula is C21H25BrIN6O2P. The summed E-state index contributed by atoms with van der Waals surface area (Å²) in [6.45, 7) is 7.17. The maximum Gasteiger partial charge on any atom is 0.407 e. The van der Waals surface area contributed by atoms with Crippen LogP contribution in [0.3, 0.4) is 0 Å². The third kappa shape index (κ3) is 5.51. The predicted molar refractivity (Wildman–Crippen MR) is 141 cm³/mol. The standard InChI is InChI=1S/C21H25BrIN6O2P/c1-21(2,3)31-20(30)25-14-6-8-28(9-7-14)18-12-24-11-16(26-18)19-15-10-13(22)4-5-17(15)29(27-19)32-23/h4-5,10-12,14,32H,6-9H2,1-3H3,(H,25,30). The van der Waals surface area contributed by atoms with Gasteiger partial charge in [-0.1, -0.05) is 15.9 Å². The number of amides is 1. The molecule has 11 heteroatoms. The molecule has 1 aliphatic rings. The van der Waals surface area contributed by atoms with Crippen LogP contribution >= 0.6 is 44.3 Å². The summed E-state index contributed by atoms with van der Waals surface area (Å²) in [5, 5.41) is 8.83. The average molecular weight is 631 g/mol. The number of anilines is 1. The number of benzene rings is 1. The molecule has 2 aromatic heterocycles. The minimum absolute atomic E-state index is 0.0962. The molecule has 1 saturated heterocycles. The van der Waals surface area contributed by atoms with E-state index in [4.69, 9.17) is 14.8 Å². The third-order valence-electron chi connectivity index (χ3n) is 5.13. The van der Waals surface area contributed by atoms with E-state index in [1.54, 1.807) is 12.4 Å². The lowest BCUT2D eigenvalue weighted by molar-refractivity contribution is 0.0497. The minimum Gasteiger partial charge on any atom is -0.444 e. The number of carbonyl (C=O) groups is 1. The summed E-state index contributed by atoms with van der Waals surface area (Å²) in [4.78, 5) is 23.6. The molecule has 1 fully saturated rings. The van der Waals surface area contributed by atoms with Crippen molar-refractivity contribution in [3.05, 3.63) is 35.1 Å². The zero-order valence-electron chi connectivity index (χ0n) is 18.1. The van der Waals surface area contributed by atoms with Gasteiger partial charge in [-0.25, -0.2) is 14.2 Å². The second kappa shape index (κ2) is 9.77. The molecule has 8 nitrogen and oxygen atoms in total. The number of rotatable bonds is 4. The third-order valence-corrected chi connectivity index (χ3v) is 7.49. The van der Waals surface area contributed by atoms with E-state index in [0.29, 0.717) is 6.37 Å². The zero-order chi connectivity index (χ0) is 22.9. The molecule has 1 unspecified atom stereocenters. The van der Waals surface area contributed by atoms with Gasteiger partial charge < -0.3 is 15.0 Å². The number of hydrogen-bond acceptors (Lipinski definition) is 6. The summed E-state index contributed by atoms with van der Waals surface area (Å²) in [5.41, 5.74) is 2.18. The number of ether oxygens (including phenoxy) is 1. The molecule has 0 saturated carbocycles. The monoisotopic (exact) mass is 630 g/mol. The summed E-state index contributed by atoms with van der Waals surface area (Å²) >= 11 is 5.90. The van der Waals surface area contributed by atoms with Gasteiger partial charge in [0, 0.05) is 29.0 Å². The number of nitrogens with zero attached hydrogens (tertiary/aromatic N) is 5. The highest BCUT2D eigenvalue weighted by molar-refractivity contribution is 14.2. The highest BCUT2D eigenvalue weighted by atomic mass is 127. The molecule has 1 aromatic carbocycles. The molecule has 1 aliphatic heterocycles. The smallest absolute Gasteiger partial charge is 0.407 e. The number of alkyl carbamates (subject to hydrolysis) is 1. The predicted octanol–water partition coefficient (Wildman–Crippen LogP) is 5.54. The summed E-state index contributed by atoms with van der Waals surface area (Å²) in [6.07, 6.45) is 5.35. The van der Waals surface area contributed by atoms with Crippen molar-refractivity contribution in [3.63, 3.8) is 0 Å². The van der Waals surface area contributed by atoms with Gasteiger partial charge in [0.15, 0.2) is 0 Å². The van der Waals surface area contributed by atoms with E-state index in [-0.39, 0.29) is 12.1 Å². The second-order valence-corrected chi connectivity index (χ2v) is 11.6. The van der Waals surface area contributed by atoms with Gasteiger partial charge in [-0.05, 0) is 73.9 Å². The molecule has 1 N–H and O–H groups in total. The van der Waals surface area contributed by atoms with Gasteiger partial charge in [0.1, 0.15) is 22.8 Å². The molecule has 32 heavy (non-hydrogen) atoms. The number of nitrogens with one attached hydrogen (secondary N) is 1. The Morgan fingerprint density at radius 2 is 2.03 bits per heavy atom. The van der Waals surface area contributed by atoms with Crippen LogP contribution in [0.2, 0.25) is 0 Å². The molecule has 0 spiro atoms. The Morgan fingerprint density at radius 1 is 1.28 bits per heavy atom. The molecule has 3 aromatic rings. The van der Waals surface area contributed by atoms with Crippen LogP contribution in [0.5, 0.6) is 0 Å². The van der Waals surface area contributed by atoms with E-state index >= 15 is 0 Å². The summed E-state index contributed by atoms with van der Waals surface area (Å²) in [6, 6.07) is 6.27. The number of fused-ring (bicyclic) bond motifs is 1. The molecule has 1 amide bonds. The van der Waals surface area contributed by atoms with Crippen molar-refractivity contribution in [2.24, 2.45) is 0 Å². The molecule has 170 valence electrons. The fourth-order valence-corrected chi connectivity index (χ4v) is 5.58. The Morgan fingerprint density at radius 3 is 2.72 bits per heavy atom. The Hall–Kier alpha value is -1.52. The van der Waals surface area contributed by atoms with Crippen molar-refractivity contribution in [2.45, 2.75) is 45.3 Å². The number of aromatic nitrogens is 4. The molecule has 1 atom stereocenters. The topological polar surface area (TPSA) is 85.2 Å². The van der Waals surface area contributed by atoms with Crippen LogP contribution in [0.4, 0.5) is 10.6 Å². The van der Waals surface area contributed by atoms with Crippen LogP contribution in [0, 0.1) is 0 Å². The van der Waals surface area contributed by atoms with Crippen molar-refractivity contribution in [1.82, 2.24) is 24.8 Å². The van der Waals surface area contributed by atoms with Gasteiger partial charge in [0.05, 0.1) is 24.3 Å². The minimum atomic E-state index is -0.495. The van der Waals surface area contributed by atoms with E-state index in [1.165, 1.54) is 0 Å². The van der Waals surface area contributed by atoms with Crippen molar-refractivity contribution in [2.75, 3.05) is 18.0 Å². The normalized spacial score (nSPS) is 15.6. The van der Waals surface area contributed by atoms with Crippen LogP contribution in [-0.2, 0) is 4.74 Å². The van der Waals surface area contributed by atoms with Crippen LogP contribution in [0.25, 0.3) is 22.3 Å². The highest BCUT2D eigenvalue weighted by Gasteiger charge is 2.25.